The van der Waals surface area contributed by atoms with E-state index in [1.165, 1.54) is 0 Å². The van der Waals surface area contributed by atoms with Crippen LogP contribution in [0.3, 0.4) is 0 Å². The van der Waals surface area contributed by atoms with Crippen LogP contribution in [0.15, 0.2) is 24.3 Å². The van der Waals surface area contributed by atoms with Crippen LogP contribution < -0.4 is 5.73 Å². The van der Waals surface area contributed by atoms with Crippen molar-refractivity contribution < 1.29 is 0 Å². The van der Waals surface area contributed by atoms with Crippen molar-refractivity contribution in [1.29, 1.82) is 0 Å². The standard InChI is InChI=1S/C9H9N4/c1-13-6-9(11-12-13)7-2-4-8(10)5-3-7/h2-5H,10H2,1H3. The summed E-state index contributed by atoms with van der Waals surface area (Å²) in [7, 11) is 1.79. The second kappa shape index (κ2) is 2.90. The van der Waals surface area contributed by atoms with E-state index in [-0.39, 0.29) is 0 Å². The number of nitrogen functional groups attached to an aromatic ring is 1. The third-order valence-corrected chi connectivity index (χ3v) is 1.73. The molecule has 0 fully saturated rings. The molecule has 0 atom stereocenters. The number of nitrogens with two attached hydrogens (primary N) is 1. The number of aromatic nitrogens is 3. The van der Waals surface area contributed by atoms with Crippen LogP contribution in [0.5, 0.6) is 0 Å². The molecule has 1 heterocycles. The van der Waals surface area contributed by atoms with Crippen molar-refractivity contribution in [1.82, 2.24) is 15.0 Å². The Morgan fingerprint density at radius 3 is 2.54 bits per heavy atom. The zero-order valence-electron chi connectivity index (χ0n) is 7.23. The van der Waals surface area contributed by atoms with Crippen molar-refractivity contribution in [2.45, 2.75) is 0 Å². The first-order chi connectivity index (χ1) is 6.25. The summed E-state index contributed by atoms with van der Waals surface area (Å²) < 4.78 is 1.55. The van der Waals surface area contributed by atoms with E-state index in [4.69, 9.17) is 5.73 Å². The number of hydrogen-bond donors (Lipinski definition) is 1. The van der Waals surface area contributed by atoms with Gasteiger partial charge in [-0.25, -0.2) is 4.68 Å². The predicted octanol–water partition coefficient (Wildman–Crippen LogP) is 0.864. The van der Waals surface area contributed by atoms with Crippen molar-refractivity contribution >= 4 is 5.69 Å². The number of benzene rings is 1. The molecule has 4 heteroatoms. The van der Waals surface area contributed by atoms with E-state index in [0.717, 1.165) is 16.9 Å². The van der Waals surface area contributed by atoms with Gasteiger partial charge < -0.3 is 5.73 Å². The number of hydrogen-bond acceptors (Lipinski definition) is 3. The Balaban J connectivity index is 2.41. The van der Waals surface area contributed by atoms with Gasteiger partial charge in [-0.1, -0.05) is 17.3 Å². The molecular formula is C9H9N4. The highest BCUT2D eigenvalue weighted by atomic mass is 15.4. The summed E-state index contributed by atoms with van der Waals surface area (Å²) in [5.41, 5.74) is 8.01. The van der Waals surface area contributed by atoms with Gasteiger partial charge in [0.2, 0.25) is 0 Å². The Morgan fingerprint density at radius 1 is 1.31 bits per heavy atom. The Labute approximate surface area is 76.0 Å². The average Bonchev–Trinajstić information content (AvgIpc) is 2.53. The fourth-order valence-corrected chi connectivity index (χ4v) is 1.07. The molecule has 0 bridgehead atoms. The molecule has 1 aromatic heterocycles. The average molecular weight is 173 g/mol. The number of aryl methyl sites for hydroxylation is 1. The Bertz CT molecular complexity index is 402. The van der Waals surface area contributed by atoms with Crippen LogP contribution in [0.4, 0.5) is 5.69 Å². The summed E-state index contributed by atoms with van der Waals surface area (Å²) in [6.45, 7) is 0. The van der Waals surface area contributed by atoms with E-state index in [9.17, 15) is 0 Å². The van der Waals surface area contributed by atoms with Crippen LogP contribution in [0.2, 0.25) is 0 Å². The van der Waals surface area contributed by atoms with E-state index in [0.29, 0.717) is 0 Å². The van der Waals surface area contributed by atoms with Crippen molar-refractivity contribution in [2.24, 2.45) is 7.05 Å². The predicted molar refractivity (Wildman–Crippen MR) is 49.7 cm³/mol. The second-order valence-electron chi connectivity index (χ2n) is 2.80. The highest BCUT2D eigenvalue weighted by molar-refractivity contribution is 5.60. The molecule has 1 aromatic carbocycles. The van der Waals surface area contributed by atoms with Crippen LogP contribution in [0, 0.1) is 6.20 Å². The fraction of sp³-hybridized carbons (Fsp3) is 0.111. The Kier molecular flexibility index (Phi) is 1.73. The van der Waals surface area contributed by atoms with Gasteiger partial charge in [0.05, 0.1) is 0 Å². The second-order valence-corrected chi connectivity index (χ2v) is 2.80. The lowest BCUT2D eigenvalue weighted by atomic mass is 10.1. The van der Waals surface area contributed by atoms with E-state index in [1.807, 2.05) is 24.3 Å². The summed E-state index contributed by atoms with van der Waals surface area (Å²) in [5.74, 6) is 0. The molecule has 0 spiro atoms. The molecule has 0 amide bonds. The topological polar surface area (TPSA) is 56.7 Å². The molecule has 2 N–H and O–H groups in total. The van der Waals surface area contributed by atoms with Gasteiger partial charge in [0, 0.05) is 18.3 Å². The SMILES string of the molecule is Cn1[c]c(-c2ccc(N)cc2)nn1. The summed E-state index contributed by atoms with van der Waals surface area (Å²) in [5, 5.41) is 7.73. The largest absolute Gasteiger partial charge is 0.399 e. The molecule has 0 aliphatic carbocycles. The normalized spacial score (nSPS) is 10.2. The molecule has 0 saturated carbocycles. The van der Waals surface area contributed by atoms with Crippen molar-refractivity contribution in [2.75, 3.05) is 5.73 Å². The Hall–Kier alpha value is -1.84. The molecule has 0 saturated heterocycles. The molecule has 2 rings (SSSR count). The van der Waals surface area contributed by atoms with Gasteiger partial charge in [0.15, 0.2) is 0 Å². The van der Waals surface area contributed by atoms with Gasteiger partial charge >= 0.3 is 0 Å². The van der Waals surface area contributed by atoms with Gasteiger partial charge in [0.25, 0.3) is 0 Å². The molecule has 4 nitrogen and oxygen atoms in total. The molecule has 0 unspecified atom stereocenters. The monoisotopic (exact) mass is 173 g/mol. The summed E-state index contributed by atoms with van der Waals surface area (Å²) in [4.78, 5) is 0. The van der Waals surface area contributed by atoms with Gasteiger partial charge in [-0.15, -0.1) is 5.10 Å². The molecule has 1 radical (unpaired) electrons. The minimum atomic E-state index is 0.738. The highest BCUT2D eigenvalue weighted by Gasteiger charge is 2.01. The lowest BCUT2D eigenvalue weighted by molar-refractivity contribution is 0.711. The van der Waals surface area contributed by atoms with E-state index < -0.39 is 0 Å². The van der Waals surface area contributed by atoms with Gasteiger partial charge in [-0.05, 0) is 12.1 Å². The number of rotatable bonds is 1. The van der Waals surface area contributed by atoms with Crippen LogP contribution in [-0.4, -0.2) is 15.0 Å². The maximum Gasteiger partial charge on any atom is 0.122 e. The zero-order valence-corrected chi connectivity index (χ0v) is 7.23. The molecular weight excluding hydrogens is 164 g/mol. The van der Waals surface area contributed by atoms with Crippen molar-refractivity contribution in [3.63, 3.8) is 0 Å². The summed E-state index contributed by atoms with van der Waals surface area (Å²) in [6.07, 6.45) is 2.97. The molecule has 13 heavy (non-hydrogen) atoms. The number of anilines is 1. The minimum absolute atomic E-state index is 0.738. The van der Waals surface area contributed by atoms with E-state index >= 15 is 0 Å². The smallest absolute Gasteiger partial charge is 0.122 e. The van der Waals surface area contributed by atoms with Crippen LogP contribution in [-0.2, 0) is 7.05 Å². The van der Waals surface area contributed by atoms with E-state index in [1.54, 1.807) is 11.7 Å². The first-order valence-corrected chi connectivity index (χ1v) is 3.90. The van der Waals surface area contributed by atoms with Crippen LogP contribution >= 0.6 is 0 Å². The van der Waals surface area contributed by atoms with Crippen molar-refractivity contribution in [3.05, 3.63) is 30.5 Å². The van der Waals surface area contributed by atoms with E-state index in [2.05, 4.69) is 16.5 Å². The number of nitrogens with zero attached hydrogens (tertiary/aromatic N) is 3. The van der Waals surface area contributed by atoms with Crippen LogP contribution in [0.25, 0.3) is 11.3 Å². The Morgan fingerprint density at radius 2 is 2.00 bits per heavy atom. The third kappa shape index (κ3) is 1.51. The summed E-state index contributed by atoms with van der Waals surface area (Å²) >= 11 is 0. The lowest BCUT2D eigenvalue weighted by Gasteiger charge is -1.94. The first kappa shape index (κ1) is 7.79. The quantitative estimate of drug-likeness (QED) is 0.651. The van der Waals surface area contributed by atoms with Gasteiger partial charge in [0.1, 0.15) is 11.9 Å². The first-order valence-electron chi connectivity index (χ1n) is 3.90. The highest BCUT2D eigenvalue weighted by Crippen LogP contribution is 2.16. The third-order valence-electron chi connectivity index (χ3n) is 1.73. The van der Waals surface area contributed by atoms with Gasteiger partial charge in [-0.2, -0.15) is 0 Å². The van der Waals surface area contributed by atoms with Crippen LogP contribution in [0.1, 0.15) is 0 Å². The minimum Gasteiger partial charge on any atom is -0.399 e. The molecule has 0 aliphatic rings. The lowest BCUT2D eigenvalue weighted by Crippen LogP contribution is -1.86. The maximum atomic E-state index is 5.56. The van der Waals surface area contributed by atoms with Gasteiger partial charge in [-0.3, -0.25) is 0 Å². The fourth-order valence-electron chi connectivity index (χ4n) is 1.07. The summed E-state index contributed by atoms with van der Waals surface area (Å²) in [6, 6.07) is 7.46. The molecule has 2 aromatic rings. The molecule has 65 valence electrons. The molecule has 0 aliphatic heterocycles. The van der Waals surface area contributed by atoms with Crippen molar-refractivity contribution in [3.8, 4) is 11.3 Å². The zero-order chi connectivity index (χ0) is 9.26. The maximum absolute atomic E-state index is 5.56.